The summed E-state index contributed by atoms with van der Waals surface area (Å²) in [5.41, 5.74) is 5.19. The van der Waals surface area contributed by atoms with Gasteiger partial charge in [0.25, 0.3) is 0 Å². The van der Waals surface area contributed by atoms with Gasteiger partial charge in [-0.3, -0.25) is 4.79 Å². The predicted octanol–water partition coefficient (Wildman–Crippen LogP) is 7.20. The molecule has 0 aliphatic carbocycles. The maximum absolute atomic E-state index is 13.8. The fourth-order valence-electron chi connectivity index (χ4n) is 4.05. The number of ether oxygens (including phenoxy) is 3. The number of carbonyl (C=O) groups excluding carboxylic acids is 1. The van der Waals surface area contributed by atoms with Crippen molar-refractivity contribution in [3.05, 3.63) is 93.9 Å². The maximum Gasteiger partial charge on any atom is 0.195 e. The van der Waals surface area contributed by atoms with Gasteiger partial charge in [0.1, 0.15) is 17.2 Å². The highest BCUT2D eigenvalue weighted by molar-refractivity contribution is 7.22. The summed E-state index contributed by atoms with van der Waals surface area (Å²) in [6, 6.07) is 21.0. The van der Waals surface area contributed by atoms with Crippen LogP contribution in [0.25, 0.3) is 20.5 Å². The first kappa shape index (κ1) is 24.0. The first-order valence-electron chi connectivity index (χ1n) is 11.5. The number of hydrogen-bond acceptors (Lipinski definition) is 7. The van der Waals surface area contributed by atoms with Gasteiger partial charge in [-0.25, -0.2) is 4.98 Å². The van der Waals surface area contributed by atoms with Gasteiger partial charge in [-0.15, -0.1) is 22.7 Å². The van der Waals surface area contributed by atoms with Crippen LogP contribution in [0.2, 0.25) is 0 Å². The third-order valence-corrected chi connectivity index (χ3v) is 8.23. The van der Waals surface area contributed by atoms with E-state index in [0.29, 0.717) is 17.7 Å². The van der Waals surface area contributed by atoms with E-state index >= 15 is 0 Å². The number of benzene rings is 3. The molecule has 5 aromatic rings. The molecule has 0 saturated carbocycles. The lowest BCUT2D eigenvalue weighted by molar-refractivity contribution is 0.104. The number of aryl methyl sites for hydroxylation is 1. The Morgan fingerprint density at radius 1 is 0.889 bits per heavy atom. The van der Waals surface area contributed by atoms with Crippen molar-refractivity contribution in [1.82, 2.24) is 4.98 Å². The van der Waals surface area contributed by atoms with Crippen LogP contribution in [0.4, 0.5) is 0 Å². The quantitative estimate of drug-likeness (QED) is 0.194. The minimum Gasteiger partial charge on any atom is -0.497 e. The Kier molecular flexibility index (Phi) is 7.02. The summed E-state index contributed by atoms with van der Waals surface area (Å²) < 4.78 is 17.6. The Balaban J connectivity index is 1.44. The lowest BCUT2D eigenvalue weighted by atomic mass is 9.97. The van der Waals surface area contributed by atoms with Crippen molar-refractivity contribution in [3.8, 4) is 27.7 Å². The van der Waals surface area contributed by atoms with E-state index in [1.807, 2.05) is 79.2 Å². The molecular formula is C29H25NO4S2. The number of thiazole rings is 1. The van der Waals surface area contributed by atoms with Crippen LogP contribution in [-0.4, -0.2) is 31.6 Å². The minimum atomic E-state index is -0.0240. The molecule has 0 radical (unpaired) electrons. The van der Waals surface area contributed by atoms with Gasteiger partial charge in [0.05, 0.1) is 32.0 Å². The van der Waals surface area contributed by atoms with E-state index in [1.54, 1.807) is 36.9 Å². The second-order valence-electron chi connectivity index (χ2n) is 8.21. The summed E-state index contributed by atoms with van der Waals surface area (Å²) in [6.45, 7) is 2.58. The third kappa shape index (κ3) is 4.85. The number of fused-ring (bicyclic) bond motifs is 1. The number of thiophene rings is 1. The number of aromatic nitrogens is 1. The number of nitrogens with zero attached hydrogens (tertiary/aromatic N) is 1. The number of methoxy groups -OCH3 is 2. The van der Waals surface area contributed by atoms with E-state index in [-0.39, 0.29) is 5.78 Å². The van der Waals surface area contributed by atoms with Crippen molar-refractivity contribution >= 4 is 38.5 Å². The van der Waals surface area contributed by atoms with Crippen LogP contribution in [-0.2, 0) is 6.42 Å². The monoisotopic (exact) mass is 515 g/mol. The SMILES string of the molecule is COc1ccc(-c2sc3cc(OC)ccc3c2C(=O)c2ccc(OCCc3scnc3C)cc2)cc1. The molecule has 2 aromatic heterocycles. The number of carbonyl (C=O) groups is 1. The van der Waals surface area contributed by atoms with Crippen molar-refractivity contribution in [2.75, 3.05) is 20.8 Å². The molecule has 0 spiro atoms. The van der Waals surface area contributed by atoms with Crippen LogP contribution in [0.5, 0.6) is 17.2 Å². The van der Waals surface area contributed by atoms with Gasteiger partial charge in [-0.2, -0.15) is 0 Å². The first-order chi connectivity index (χ1) is 17.6. The van der Waals surface area contributed by atoms with Gasteiger partial charge >= 0.3 is 0 Å². The summed E-state index contributed by atoms with van der Waals surface area (Å²) in [5.74, 6) is 2.25. The van der Waals surface area contributed by atoms with Crippen LogP contribution in [0, 0.1) is 6.92 Å². The van der Waals surface area contributed by atoms with Gasteiger partial charge in [0, 0.05) is 37.4 Å². The molecule has 0 atom stereocenters. The standard InChI is InChI=1S/C29H25NO4S2/c1-18-25(35-17-30-18)14-15-34-22-10-4-19(5-11-22)28(31)27-24-13-12-23(33-3)16-26(24)36-29(27)20-6-8-21(32-2)9-7-20/h4-13,16-17H,14-15H2,1-3H3. The van der Waals surface area contributed by atoms with Crippen LogP contribution >= 0.6 is 22.7 Å². The van der Waals surface area contributed by atoms with Crippen LogP contribution in [0.3, 0.4) is 0 Å². The summed E-state index contributed by atoms with van der Waals surface area (Å²) >= 11 is 3.23. The molecule has 2 heterocycles. The Bertz CT molecular complexity index is 1500. The van der Waals surface area contributed by atoms with Crippen molar-refractivity contribution in [2.24, 2.45) is 0 Å². The molecule has 0 saturated heterocycles. The van der Waals surface area contributed by atoms with Crippen molar-refractivity contribution in [3.63, 3.8) is 0 Å². The summed E-state index contributed by atoms with van der Waals surface area (Å²) in [4.78, 5) is 20.2. The molecule has 5 rings (SSSR count). The van der Waals surface area contributed by atoms with Gasteiger partial charge < -0.3 is 14.2 Å². The number of rotatable bonds is 9. The zero-order chi connectivity index (χ0) is 25.1. The molecule has 0 aliphatic rings. The molecule has 0 bridgehead atoms. The molecule has 3 aromatic carbocycles. The summed E-state index contributed by atoms with van der Waals surface area (Å²) in [5, 5.41) is 0.914. The van der Waals surface area contributed by atoms with Crippen LogP contribution in [0.15, 0.2) is 72.2 Å². The fourth-order valence-corrected chi connectivity index (χ4v) is 6.05. The average Bonchev–Trinajstić information content (AvgIpc) is 3.51. The zero-order valence-corrected chi connectivity index (χ0v) is 21.9. The van der Waals surface area contributed by atoms with Crippen molar-refractivity contribution in [1.29, 1.82) is 0 Å². The van der Waals surface area contributed by atoms with E-state index in [9.17, 15) is 4.79 Å². The first-order valence-corrected chi connectivity index (χ1v) is 13.2. The summed E-state index contributed by atoms with van der Waals surface area (Å²) in [6.07, 6.45) is 0.812. The van der Waals surface area contributed by atoms with Crippen LogP contribution in [0.1, 0.15) is 26.5 Å². The molecule has 0 unspecified atom stereocenters. The maximum atomic E-state index is 13.8. The van der Waals surface area contributed by atoms with E-state index < -0.39 is 0 Å². The molecule has 5 nitrogen and oxygen atoms in total. The van der Waals surface area contributed by atoms with Gasteiger partial charge in [0.2, 0.25) is 0 Å². The van der Waals surface area contributed by atoms with Crippen LogP contribution < -0.4 is 14.2 Å². The lowest BCUT2D eigenvalue weighted by Gasteiger charge is -2.08. The lowest BCUT2D eigenvalue weighted by Crippen LogP contribution is -2.04. The molecule has 36 heavy (non-hydrogen) atoms. The second-order valence-corrected chi connectivity index (χ2v) is 10.2. The van der Waals surface area contributed by atoms with E-state index in [4.69, 9.17) is 14.2 Å². The normalized spacial score (nSPS) is 11.0. The Morgan fingerprint density at radius 2 is 1.58 bits per heavy atom. The fraction of sp³-hybridized carbons (Fsp3) is 0.172. The van der Waals surface area contributed by atoms with Gasteiger partial charge in [0.15, 0.2) is 5.78 Å². The zero-order valence-electron chi connectivity index (χ0n) is 20.2. The number of hydrogen-bond donors (Lipinski definition) is 0. The van der Waals surface area contributed by atoms with Crippen molar-refractivity contribution in [2.45, 2.75) is 13.3 Å². The highest BCUT2D eigenvalue weighted by Gasteiger charge is 2.22. The minimum absolute atomic E-state index is 0.0240. The molecule has 0 fully saturated rings. The number of ketones is 1. The highest BCUT2D eigenvalue weighted by atomic mass is 32.1. The Morgan fingerprint density at radius 3 is 2.25 bits per heavy atom. The molecule has 0 aliphatic heterocycles. The highest BCUT2D eigenvalue weighted by Crippen LogP contribution is 2.41. The predicted molar refractivity (Wildman–Crippen MR) is 146 cm³/mol. The van der Waals surface area contributed by atoms with Crippen molar-refractivity contribution < 1.29 is 19.0 Å². The largest absolute Gasteiger partial charge is 0.497 e. The van der Waals surface area contributed by atoms with E-state index in [1.165, 1.54) is 4.88 Å². The third-order valence-electron chi connectivity index (χ3n) is 6.04. The van der Waals surface area contributed by atoms with Gasteiger partial charge in [-0.1, -0.05) is 0 Å². The molecule has 0 N–H and O–H groups in total. The molecular weight excluding hydrogens is 490 g/mol. The van der Waals surface area contributed by atoms with E-state index in [0.717, 1.165) is 49.9 Å². The van der Waals surface area contributed by atoms with E-state index in [2.05, 4.69) is 4.98 Å². The second kappa shape index (κ2) is 10.5. The molecule has 182 valence electrons. The molecule has 7 heteroatoms. The van der Waals surface area contributed by atoms with Gasteiger partial charge in [-0.05, 0) is 79.2 Å². The molecule has 0 amide bonds. The topological polar surface area (TPSA) is 57.7 Å². The Hall–Kier alpha value is -3.68. The average molecular weight is 516 g/mol. The smallest absolute Gasteiger partial charge is 0.195 e. The summed E-state index contributed by atoms with van der Waals surface area (Å²) in [7, 11) is 3.29. The Labute approximate surface area is 217 Å².